The van der Waals surface area contributed by atoms with Gasteiger partial charge in [0.05, 0.1) is 5.69 Å². The number of benzene rings is 1. The van der Waals surface area contributed by atoms with E-state index < -0.39 is 0 Å². The van der Waals surface area contributed by atoms with Crippen molar-refractivity contribution in [1.29, 1.82) is 5.41 Å². The second-order valence-corrected chi connectivity index (χ2v) is 6.81. The van der Waals surface area contributed by atoms with Crippen molar-refractivity contribution in [2.75, 3.05) is 50.5 Å². The van der Waals surface area contributed by atoms with Gasteiger partial charge in [-0.3, -0.25) is 0 Å². The Balaban J connectivity index is 0.00000126. The van der Waals surface area contributed by atoms with E-state index in [-0.39, 0.29) is 0 Å². The molecule has 2 heterocycles. The molecule has 2 N–H and O–H groups in total. The number of piperazine rings is 1. The molecule has 1 saturated heterocycles. The minimum Gasteiger partial charge on any atom is -0.388 e. The molecule has 0 radical (unpaired) electrons. The summed E-state index contributed by atoms with van der Waals surface area (Å²) in [6.07, 6.45) is 0. The molecule has 0 unspecified atom stereocenters. The van der Waals surface area contributed by atoms with Crippen LogP contribution in [0.2, 0.25) is 0 Å². The molecule has 0 saturated carbocycles. The molecule has 0 bridgehead atoms. The van der Waals surface area contributed by atoms with Crippen LogP contribution in [0.3, 0.4) is 0 Å². The summed E-state index contributed by atoms with van der Waals surface area (Å²) in [7, 11) is 4.05. The van der Waals surface area contributed by atoms with Crippen LogP contribution in [-0.2, 0) is 0 Å². The highest BCUT2D eigenvalue weighted by molar-refractivity contribution is 6.02. The highest BCUT2D eigenvalue weighted by Gasteiger charge is 2.17. The van der Waals surface area contributed by atoms with Gasteiger partial charge in [0.1, 0.15) is 5.82 Å². The van der Waals surface area contributed by atoms with Crippen LogP contribution >= 0.6 is 0 Å². The lowest BCUT2D eigenvalue weighted by atomic mass is 10.0. The van der Waals surface area contributed by atoms with Gasteiger partial charge in [-0.15, -0.1) is 0 Å². The van der Waals surface area contributed by atoms with Crippen molar-refractivity contribution in [3.63, 3.8) is 0 Å². The highest BCUT2D eigenvalue weighted by atomic mass is 15.3. The molecule has 5 nitrogen and oxygen atoms in total. The lowest BCUT2D eigenvalue weighted by Crippen LogP contribution is -2.44. The first-order valence-corrected chi connectivity index (χ1v) is 9.78. The Hall–Kier alpha value is -2.40. The van der Waals surface area contributed by atoms with E-state index in [9.17, 15) is 0 Å². The fourth-order valence-corrected chi connectivity index (χ4v) is 3.23. The summed E-state index contributed by atoms with van der Waals surface area (Å²) in [5, 5.41) is 11.2. The van der Waals surface area contributed by atoms with E-state index in [1.54, 1.807) is 0 Å². The molecule has 1 aliphatic heterocycles. The minimum absolute atomic E-state index is 0.554. The topological polar surface area (TPSA) is 55.2 Å². The third-order valence-corrected chi connectivity index (χ3v) is 4.77. The van der Waals surface area contributed by atoms with E-state index >= 15 is 0 Å². The Morgan fingerprint density at radius 1 is 1.07 bits per heavy atom. The van der Waals surface area contributed by atoms with E-state index in [0.29, 0.717) is 5.71 Å². The monoisotopic (exact) mass is 367 g/mol. The zero-order chi connectivity index (χ0) is 20.0. The SMILES string of the molecule is CC.CNc1ccc(-c2cc(C)cc(N3CCN(C)CC3)n2)cc1C(C)=N. The molecule has 1 fully saturated rings. The summed E-state index contributed by atoms with van der Waals surface area (Å²) in [5.74, 6) is 1.05. The molecule has 0 aliphatic carbocycles. The van der Waals surface area contributed by atoms with Crippen LogP contribution in [0, 0.1) is 12.3 Å². The molecule has 0 spiro atoms. The number of aryl methyl sites for hydroxylation is 1. The largest absolute Gasteiger partial charge is 0.388 e. The molecule has 27 heavy (non-hydrogen) atoms. The fourth-order valence-electron chi connectivity index (χ4n) is 3.23. The standard InChI is InChI=1S/C20H27N5.C2H6/c1-14-11-19(16-5-6-18(22-3)17(13-16)15(2)21)23-20(12-14)25-9-7-24(4)8-10-25;1-2/h5-6,11-13,21-22H,7-10H2,1-4H3;1-2H3. The van der Waals surface area contributed by atoms with Crippen molar-refractivity contribution in [3.05, 3.63) is 41.5 Å². The van der Waals surface area contributed by atoms with Crippen LogP contribution in [0.15, 0.2) is 30.3 Å². The van der Waals surface area contributed by atoms with Gasteiger partial charge in [-0.25, -0.2) is 4.98 Å². The van der Waals surface area contributed by atoms with Gasteiger partial charge in [0, 0.05) is 55.8 Å². The Bertz CT molecular complexity index is 776. The van der Waals surface area contributed by atoms with E-state index in [4.69, 9.17) is 10.4 Å². The van der Waals surface area contributed by atoms with E-state index in [1.165, 1.54) is 5.56 Å². The molecule has 1 aromatic carbocycles. The van der Waals surface area contributed by atoms with Crippen LogP contribution in [0.25, 0.3) is 11.3 Å². The number of aromatic nitrogens is 1. The van der Waals surface area contributed by atoms with Crippen molar-refractivity contribution in [1.82, 2.24) is 9.88 Å². The Morgan fingerprint density at radius 3 is 2.33 bits per heavy atom. The number of likely N-dealkylation sites (N-methyl/N-ethyl adjacent to an activating group) is 1. The third kappa shape index (κ3) is 5.07. The average Bonchev–Trinajstić information content (AvgIpc) is 2.69. The van der Waals surface area contributed by atoms with Gasteiger partial charge >= 0.3 is 0 Å². The maximum absolute atomic E-state index is 8.03. The van der Waals surface area contributed by atoms with Crippen LogP contribution in [-0.4, -0.2) is 55.9 Å². The van der Waals surface area contributed by atoms with Crippen LogP contribution in [0.1, 0.15) is 31.9 Å². The number of rotatable bonds is 4. The zero-order valence-electron chi connectivity index (χ0n) is 17.6. The second-order valence-electron chi connectivity index (χ2n) is 6.81. The van der Waals surface area contributed by atoms with Gasteiger partial charge in [-0.1, -0.05) is 19.9 Å². The van der Waals surface area contributed by atoms with E-state index in [1.807, 2.05) is 33.9 Å². The lowest BCUT2D eigenvalue weighted by molar-refractivity contribution is 0.312. The summed E-state index contributed by atoms with van der Waals surface area (Å²) in [6, 6.07) is 10.5. The molecule has 1 aliphatic rings. The highest BCUT2D eigenvalue weighted by Crippen LogP contribution is 2.27. The first-order chi connectivity index (χ1) is 13.0. The molecular formula is C22H33N5. The van der Waals surface area contributed by atoms with Crippen LogP contribution in [0.5, 0.6) is 0 Å². The number of hydrogen-bond donors (Lipinski definition) is 2. The molecule has 0 amide bonds. The van der Waals surface area contributed by atoms with Crippen molar-refractivity contribution < 1.29 is 0 Å². The van der Waals surface area contributed by atoms with Crippen molar-refractivity contribution in [2.24, 2.45) is 0 Å². The Morgan fingerprint density at radius 2 is 1.74 bits per heavy atom. The molecule has 2 aromatic rings. The van der Waals surface area contributed by atoms with Gasteiger partial charge in [-0.05, 0) is 50.7 Å². The van der Waals surface area contributed by atoms with Gasteiger partial charge in [0.2, 0.25) is 0 Å². The van der Waals surface area contributed by atoms with Crippen molar-refractivity contribution >= 4 is 17.2 Å². The second kappa shape index (κ2) is 9.51. The van der Waals surface area contributed by atoms with Crippen molar-refractivity contribution in [3.8, 4) is 11.3 Å². The predicted octanol–water partition coefficient (Wildman–Crippen LogP) is 4.26. The average molecular weight is 368 g/mol. The van der Waals surface area contributed by atoms with Gasteiger partial charge in [-0.2, -0.15) is 0 Å². The smallest absolute Gasteiger partial charge is 0.129 e. The number of anilines is 2. The molecule has 0 atom stereocenters. The molecule has 3 rings (SSSR count). The fraction of sp³-hybridized carbons (Fsp3) is 0.455. The summed E-state index contributed by atoms with van der Waals surface area (Å²) in [5.41, 5.74) is 5.69. The first-order valence-electron chi connectivity index (χ1n) is 9.78. The summed E-state index contributed by atoms with van der Waals surface area (Å²) < 4.78 is 0. The zero-order valence-corrected chi connectivity index (χ0v) is 17.6. The van der Waals surface area contributed by atoms with Crippen LogP contribution < -0.4 is 10.2 Å². The quantitative estimate of drug-likeness (QED) is 0.793. The number of pyridine rings is 1. The summed E-state index contributed by atoms with van der Waals surface area (Å²) >= 11 is 0. The maximum atomic E-state index is 8.03. The van der Waals surface area contributed by atoms with E-state index in [0.717, 1.165) is 54.5 Å². The van der Waals surface area contributed by atoms with Gasteiger partial charge < -0.3 is 20.5 Å². The Labute approximate surface area is 163 Å². The summed E-state index contributed by atoms with van der Waals surface area (Å²) in [4.78, 5) is 9.64. The maximum Gasteiger partial charge on any atom is 0.129 e. The molecule has 146 valence electrons. The molecule has 1 aromatic heterocycles. The normalized spacial score (nSPS) is 14.4. The van der Waals surface area contributed by atoms with E-state index in [2.05, 4.69) is 53.4 Å². The molecular weight excluding hydrogens is 334 g/mol. The minimum atomic E-state index is 0.554. The Kier molecular flexibility index (Phi) is 7.36. The van der Waals surface area contributed by atoms with Gasteiger partial charge in [0.25, 0.3) is 0 Å². The third-order valence-electron chi connectivity index (χ3n) is 4.77. The predicted molar refractivity (Wildman–Crippen MR) is 118 cm³/mol. The first kappa shape index (κ1) is 20.9. The van der Waals surface area contributed by atoms with Gasteiger partial charge in [0.15, 0.2) is 0 Å². The van der Waals surface area contributed by atoms with Crippen molar-refractivity contribution in [2.45, 2.75) is 27.7 Å². The summed E-state index contributed by atoms with van der Waals surface area (Å²) in [6.45, 7) is 12.1. The number of nitrogens with zero attached hydrogens (tertiary/aromatic N) is 3. The lowest BCUT2D eigenvalue weighted by Gasteiger charge is -2.33. The number of nitrogens with one attached hydrogen (secondary N) is 2. The van der Waals surface area contributed by atoms with Crippen LogP contribution in [0.4, 0.5) is 11.5 Å². The molecule has 5 heteroatoms. The number of hydrogen-bond acceptors (Lipinski definition) is 5.